The fourth-order valence-corrected chi connectivity index (χ4v) is 24.9. The van der Waals surface area contributed by atoms with Gasteiger partial charge in [0.15, 0.2) is 7.14 Å². The van der Waals surface area contributed by atoms with Gasteiger partial charge in [0.2, 0.25) is 9.84 Å². The molecule has 0 fully saturated rings. The van der Waals surface area contributed by atoms with E-state index in [4.69, 9.17) is 4.42 Å². The van der Waals surface area contributed by atoms with Gasteiger partial charge in [0.05, 0.1) is 22.3 Å². The SMILES string of the molecule is CCCCC1(CCCC)c2ccccc2-c2ccc(-c3c[c-]c(N4[CH-]N(C)c5ccccc54)cc3)cc21.CN1[CH-]N(c2[c-]cc(-c3ccc4c(c3)P(=O)(c3ccccc3)c3ccccc3-4)cc2)c2ccccc21.CN1[CH-]N(c2[c-]cc(-c3ccc4c(c3)S(=O)(=O)c3ccccc3-4)cc2)c2ccccc21.CN1[CH-]N(c2[c-]cccc2)c2ccccc21.[Ir+3].[Ir+3].[Ir].[c-]1ccccc1-c1ncco1.[c-]1ccccc1-n1cccn1. The first-order valence-corrected chi connectivity index (χ1v) is 51.2. The van der Waals surface area contributed by atoms with Gasteiger partial charge in [0.25, 0.3) is 0 Å². The predicted octanol–water partition coefficient (Wildman–Crippen LogP) is 28.7. The third-order valence-corrected chi connectivity index (χ3v) is 32.1. The third-order valence-electron chi connectivity index (χ3n) is 27.1. The molecule has 0 N–H and O–H groups in total. The van der Waals surface area contributed by atoms with Gasteiger partial charge in [0, 0.05) is 110 Å². The van der Waals surface area contributed by atoms with Crippen LogP contribution in [0.15, 0.2) is 427 Å². The van der Waals surface area contributed by atoms with Gasteiger partial charge in [-0.25, -0.2) is 8.42 Å². The number of benzene rings is 17. The number of oxazole rings is 1. The van der Waals surface area contributed by atoms with E-state index in [1.807, 2.05) is 202 Å². The third kappa shape index (κ3) is 19.9. The smallest absolute Gasteiger partial charge is 0.504 e. The second-order valence-electron chi connectivity index (χ2n) is 35.8. The Morgan fingerprint density at radius 3 is 1.22 bits per heavy atom. The maximum Gasteiger partial charge on any atom is 3.00 e. The molecule has 8 heterocycles. The number of sulfone groups is 1. The summed E-state index contributed by atoms with van der Waals surface area (Å²) in [6, 6.07) is 151. The number of unbranched alkanes of at least 4 members (excludes halogenated alkanes) is 2. The Morgan fingerprint density at radius 1 is 0.352 bits per heavy atom. The molecular weight excluding hydrogens is 2360 g/mol. The van der Waals surface area contributed by atoms with Crippen molar-refractivity contribution in [3.05, 3.63) is 487 Å². The first-order valence-electron chi connectivity index (χ1n) is 48.0. The number of anilines is 12. The summed E-state index contributed by atoms with van der Waals surface area (Å²) >= 11 is 0. The number of hydrogen-bond donors (Lipinski definition) is 0. The molecule has 0 saturated heterocycles. The Balaban J connectivity index is 0.000000120. The summed E-state index contributed by atoms with van der Waals surface area (Å²) in [6.45, 7) is 13.0. The number of hydrogen-bond acceptors (Lipinski definition) is 14. The second-order valence-corrected chi connectivity index (χ2v) is 40.4. The van der Waals surface area contributed by atoms with E-state index in [1.165, 1.54) is 94.8 Å². The Kier molecular flexibility index (Phi) is 30.9. The monoisotopic (exact) mass is 2460 g/mol. The molecule has 145 heavy (non-hydrogen) atoms. The molecule has 1 unspecified atom stereocenters. The van der Waals surface area contributed by atoms with Crippen molar-refractivity contribution in [2.24, 2.45) is 0 Å². The Labute approximate surface area is 892 Å². The fourth-order valence-electron chi connectivity index (χ4n) is 20.1. The first-order chi connectivity index (χ1) is 69.6. The Hall–Kier alpha value is -14.3. The van der Waals surface area contributed by atoms with E-state index in [9.17, 15) is 13.0 Å². The molecule has 17 aromatic carbocycles. The molecule has 7 aliphatic rings. The van der Waals surface area contributed by atoms with Gasteiger partial charge in [-0.3, -0.25) is 9.67 Å². The van der Waals surface area contributed by atoms with Crippen LogP contribution in [0.2, 0.25) is 0 Å². The van der Waals surface area contributed by atoms with Crippen molar-refractivity contribution in [3.8, 4) is 83.9 Å². The van der Waals surface area contributed by atoms with Gasteiger partial charge in [-0.05, 0) is 147 Å². The standard InChI is InChI=1S/C35H36N2.C32H23N2OP.C26H18N2O2S.C14H12N2.C9H7N2.C9H6NO.3Ir/c1-4-6-22-35(23-7-5-2)31-13-9-8-12-29(31)30-21-18-27(24-32(30)35)26-16-19-28(20-17-26)37-25-36(3)33-14-10-11-15-34(33)37;1-33-22-34(30-13-7-6-12-29(30)33)25-18-15-23(16-19-25)24-17-20-28-27-11-5-8-14-31(27)36(35,32(28)21-24)26-9-3-2-4-10-26;1-27-17-28(24-8-4-3-7-23(24)27)20-13-10-18(11-14-20)19-12-15-22-21-6-2-5-9-25(21)31(29,30)26(22)16-19;1-15-11-16(12-7-3-2-4-8-12)14-10-6-5-9-13(14)15;1-2-5-9(6-3-1)11-8-4-7-10-11;1-2-4-8(5-3-1)9-10-6-7-11-9;;;/h8-19,21,24-25H,4-7,22-23H2,1-3H3;2-18,20-22H,1H3;2-13,15-17H,1H3;2-7,9-11H,1H3;1-5,7-8H;1-4,6-7H;;;/q4*-2;2*-1;;2*+3. The predicted molar refractivity (Wildman–Crippen MR) is 580 cm³/mol. The number of para-hydroxylation sites is 10. The summed E-state index contributed by atoms with van der Waals surface area (Å²) in [5.41, 5.74) is 31.4. The Bertz CT molecular complexity index is 7800. The van der Waals surface area contributed by atoms with Crippen molar-refractivity contribution in [1.29, 1.82) is 0 Å². The average Bonchev–Trinajstić information content (AvgIpc) is 1.56. The molecule has 1 radical (unpaired) electrons. The van der Waals surface area contributed by atoms with Crippen LogP contribution in [0.1, 0.15) is 63.5 Å². The average molecular weight is 2460 g/mol. The van der Waals surface area contributed by atoms with Gasteiger partial charge >= 0.3 is 40.2 Å². The quantitative estimate of drug-likeness (QED) is 0.0674. The number of rotatable bonds is 16. The largest absolute Gasteiger partial charge is 3.00 e. The Morgan fingerprint density at radius 2 is 0.752 bits per heavy atom. The van der Waals surface area contributed by atoms with Crippen LogP contribution < -0.4 is 55.1 Å². The van der Waals surface area contributed by atoms with Crippen molar-refractivity contribution in [2.45, 2.75) is 67.6 Å². The normalized spacial score (nSPS) is 14.6. The summed E-state index contributed by atoms with van der Waals surface area (Å²) in [5, 5.41) is 6.79. The molecule has 723 valence electrons. The molecule has 1 aliphatic carbocycles. The molecule has 0 bridgehead atoms. The summed E-state index contributed by atoms with van der Waals surface area (Å²) in [6.07, 6.45) is 14.2. The van der Waals surface area contributed by atoms with Crippen molar-refractivity contribution < 1.29 is 77.7 Å². The van der Waals surface area contributed by atoms with Crippen LogP contribution in [0.25, 0.3) is 83.9 Å². The molecule has 0 amide bonds. The molecule has 15 nitrogen and oxygen atoms in total. The summed E-state index contributed by atoms with van der Waals surface area (Å²) < 4.78 is 47.7. The topological polar surface area (TPSA) is 121 Å². The van der Waals surface area contributed by atoms with Crippen molar-refractivity contribution in [2.75, 3.05) is 67.4 Å². The van der Waals surface area contributed by atoms with Crippen molar-refractivity contribution in [3.63, 3.8) is 0 Å². The number of nitrogens with zero attached hydrogens (tertiary/aromatic N) is 11. The summed E-state index contributed by atoms with van der Waals surface area (Å²) in [4.78, 5) is 21.9. The van der Waals surface area contributed by atoms with E-state index in [0.717, 1.165) is 111 Å². The molecule has 20 heteroatoms. The van der Waals surface area contributed by atoms with Crippen molar-refractivity contribution >= 4 is 101 Å². The molecular formula is C125H102Ir3N11O4PS-4. The van der Waals surface area contributed by atoms with E-state index in [-0.39, 0.29) is 65.7 Å². The van der Waals surface area contributed by atoms with E-state index < -0.39 is 17.0 Å². The maximum absolute atomic E-state index is 14.8. The van der Waals surface area contributed by atoms with Crippen LogP contribution in [0.4, 0.5) is 68.2 Å². The van der Waals surface area contributed by atoms with Crippen LogP contribution in [-0.4, -0.2) is 51.4 Å². The zero-order chi connectivity index (χ0) is 96.8. The second kappa shape index (κ2) is 44.5. The van der Waals surface area contributed by atoms with Gasteiger partial charge in [0.1, 0.15) is 5.89 Å². The minimum Gasteiger partial charge on any atom is -0.504 e. The number of aromatic nitrogens is 3. The fraction of sp³-hybridized carbons (Fsp3) is 0.104. The van der Waals surface area contributed by atoms with Crippen molar-refractivity contribution in [1.82, 2.24) is 14.8 Å². The molecule has 19 aromatic rings. The number of fused-ring (bicyclic) bond motifs is 13. The van der Waals surface area contributed by atoms with E-state index in [1.54, 1.807) is 47.1 Å². The molecule has 6 aliphatic heterocycles. The zero-order valence-electron chi connectivity index (χ0n) is 80.7. The molecule has 2 aromatic heterocycles. The van der Waals surface area contributed by atoms with E-state index in [2.05, 4.69) is 329 Å². The molecule has 26 rings (SSSR count). The van der Waals surface area contributed by atoms with Crippen LogP contribution in [0.5, 0.6) is 0 Å². The van der Waals surface area contributed by atoms with Crippen LogP contribution >= 0.6 is 7.14 Å². The van der Waals surface area contributed by atoms with Gasteiger partial charge in [-0.15, -0.1) is 94.0 Å². The zero-order valence-corrected chi connectivity index (χ0v) is 89.6. The van der Waals surface area contributed by atoms with E-state index in [0.29, 0.717) is 15.7 Å². The first kappa shape index (κ1) is 101. The summed E-state index contributed by atoms with van der Waals surface area (Å²) in [7, 11) is 1.80. The van der Waals surface area contributed by atoms with Gasteiger partial charge in [-0.2, -0.15) is 141 Å². The van der Waals surface area contributed by atoms with E-state index >= 15 is 0 Å². The maximum atomic E-state index is 14.8. The van der Waals surface area contributed by atoms with Crippen LogP contribution in [0.3, 0.4) is 0 Å². The van der Waals surface area contributed by atoms with Gasteiger partial charge < -0.3 is 48.2 Å². The molecule has 0 saturated carbocycles. The summed E-state index contributed by atoms with van der Waals surface area (Å²) in [5.74, 6) is 0.616. The minimum atomic E-state index is -3.49. The van der Waals surface area contributed by atoms with Gasteiger partial charge in [-0.1, -0.05) is 256 Å². The molecule has 1 atom stereocenters. The molecule has 0 spiro atoms. The van der Waals surface area contributed by atoms with Crippen LogP contribution in [-0.2, 0) is 80.1 Å². The van der Waals surface area contributed by atoms with Crippen LogP contribution in [0, 0.1) is 63.1 Å². The minimum absolute atomic E-state index is 0.